The molecule has 2 rings (SSSR count). The summed E-state index contributed by atoms with van der Waals surface area (Å²) in [6.07, 6.45) is -2.37. The lowest BCUT2D eigenvalue weighted by atomic mass is 9.85. The van der Waals surface area contributed by atoms with Gasteiger partial charge in [-0.1, -0.05) is 6.42 Å². The highest BCUT2D eigenvalue weighted by Gasteiger charge is 2.45. The number of aliphatic hydroxyl groups excluding tert-OH is 1. The van der Waals surface area contributed by atoms with Crippen molar-refractivity contribution < 1.29 is 18.3 Å². The Labute approximate surface area is 81.3 Å². The highest BCUT2D eigenvalue weighted by atomic mass is 19.4. The van der Waals surface area contributed by atoms with E-state index in [0.717, 1.165) is 19.3 Å². The first kappa shape index (κ1) is 10.3. The Morgan fingerprint density at radius 1 is 1.21 bits per heavy atom. The molecule has 14 heavy (non-hydrogen) atoms. The van der Waals surface area contributed by atoms with Crippen LogP contribution in [0.5, 0.6) is 0 Å². The maximum atomic E-state index is 12.1. The smallest absolute Gasteiger partial charge is 0.384 e. The van der Waals surface area contributed by atoms with Crippen LogP contribution in [0.4, 0.5) is 13.2 Å². The third-order valence-electron chi connectivity index (χ3n) is 3.79. The van der Waals surface area contributed by atoms with E-state index in [-0.39, 0.29) is 12.3 Å². The second kappa shape index (κ2) is 3.40. The zero-order valence-corrected chi connectivity index (χ0v) is 7.93. The van der Waals surface area contributed by atoms with E-state index in [1.54, 1.807) is 0 Å². The van der Waals surface area contributed by atoms with Gasteiger partial charge in [-0.15, -0.1) is 0 Å². The second-order valence-corrected chi connectivity index (χ2v) is 4.73. The first-order valence-electron chi connectivity index (χ1n) is 5.21. The monoisotopic (exact) mass is 208 g/mol. The standard InChI is InChI=1S/C10H15F3O/c11-10(12,13)9(14)5-8-4-6-1-2-7(8)3-6/h6-9,14H,1-5H2/t6?,7?,8?,9-/m1/s1. The van der Waals surface area contributed by atoms with Crippen LogP contribution >= 0.6 is 0 Å². The van der Waals surface area contributed by atoms with Crippen LogP contribution in [0, 0.1) is 17.8 Å². The molecule has 4 atom stereocenters. The average Bonchev–Trinajstić information content (AvgIpc) is 2.62. The van der Waals surface area contributed by atoms with Crippen molar-refractivity contribution in [2.45, 2.75) is 44.4 Å². The molecule has 0 aromatic carbocycles. The fourth-order valence-corrected chi connectivity index (χ4v) is 3.09. The summed E-state index contributed by atoms with van der Waals surface area (Å²) in [4.78, 5) is 0. The van der Waals surface area contributed by atoms with Crippen molar-refractivity contribution in [1.29, 1.82) is 0 Å². The van der Waals surface area contributed by atoms with Gasteiger partial charge in [-0.2, -0.15) is 13.2 Å². The molecule has 0 aromatic heterocycles. The zero-order chi connectivity index (χ0) is 10.3. The molecule has 2 saturated carbocycles. The molecule has 1 N–H and O–H groups in total. The van der Waals surface area contributed by atoms with Crippen molar-refractivity contribution in [3.05, 3.63) is 0 Å². The van der Waals surface area contributed by atoms with Crippen LogP contribution in [0.1, 0.15) is 32.1 Å². The van der Waals surface area contributed by atoms with Crippen LogP contribution in [0.2, 0.25) is 0 Å². The lowest BCUT2D eigenvalue weighted by Crippen LogP contribution is -2.31. The first-order valence-corrected chi connectivity index (χ1v) is 5.21. The second-order valence-electron chi connectivity index (χ2n) is 4.73. The number of hydrogen-bond donors (Lipinski definition) is 1. The number of hydrogen-bond acceptors (Lipinski definition) is 1. The van der Waals surface area contributed by atoms with Crippen molar-refractivity contribution in [1.82, 2.24) is 0 Å². The summed E-state index contributed by atoms with van der Waals surface area (Å²) in [5, 5.41) is 8.95. The van der Waals surface area contributed by atoms with Crippen molar-refractivity contribution in [2.24, 2.45) is 17.8 Å². The molecule has 2 bridgehead atoms. The van der Waals surface area contributed by atoms with Crippen molar-refractivity contribution in [3.8, 4) is 0 Å². The summed E-state index contributed by atoms with van der Waals surface area (Å²) in [7, 11) is 0. The summed E-state index contributed by atoms with van der Waals surface area (Å²) in [6.45, 7) is 0. The van der Waals surface area contributed by atoms with E-state index in [2.05, 4.69) is 0 Å². The van der Waals surface area contributed by atoms with Gasteiger partial charge < -0.3 is 5.11 Å². The molecular formula is C10H15F3O. The lowest BCUT2D eigenvalue weighted by Gasteiger charge is -2.25. The summed E-state index contributed by atoms with van der Waals surface area (Å²) in [6, 6.07) is 0. The maximum absolute atomic E-state index is 12.1. The third-order valence-corrected chi connectivity index (χ3v) is 3.79. The zero-order valence-electron chi connectivity index (χ0n) is 7.93. The Bertz CT molecular complexity index is 214. The molecule has 3 unspecified atom stereocenters. The normalized spacial score (nSPS) is 39.0. The molecule has 2 aliphatic rings. The van der Waals surface area contributed by atoms with Crippen LogP contribution in [0.3, 0.4) is 0 Å². The predicted octanol–water partition coefficient (Wildman–Crippen LogP) is 2.74. The van der Waals surface area contributed by atoms with E-state index in [9.17, 15) is 13.2 Å². The SMILES string of the molecule is O[C@H](CC1CC2CCC1C2)C(F)(F)F. The topological polar surface area (TPSA) is 20.2 Å². The Kier molecular flexibility index (Phi) is 2.50. The fourth-order valence-electron chi connectivity index (χ4n) is 3.09. The van der Waals surface area contributed by atoms with Crippen LogP contribution in [-0.4, -0.2) is 17.4 Å². The van der Waals surface area contributed by atoms with Crippen LogP contribution < -0.4 is 0 Å². The minimum absolute atomic E-state index is 0.0787. The molecule has 0 heterocycles. The predicted molar refractivity (Wildman–Crippen MR) is 45.6 cm³/mol. The van der Waals surface area contributed by atoms with Gasteiger partial charge in [0.05, 0.1) is 0 Å². The molecule has 2 fully saturated rings. The molecule has 1 nitrogen and oxygen atoms in total. The van der Waals surface area contributed by atoms with Crippen LogP contribution in [0.25, 0.3) is 0 Å². The van der Waals surface area contributed by atoms with Gasteiger partial charge in [0.25, 0.3) is 0 Å². The number of alkyl halides is 3. The molecule has 2 aliphatic carbocycles. The van der Waals surface area contributed by atoms with Gasteiger partial charge in [-0.05, 0) is 43.4 Å². The van der Waals surface area contributed by atoms with Gasteiger partial charge in [0.1, 0.15) is 6.10 Å². The lowest BCUT2D eigenvalue weighted by molar-refractivity contribution is -0.209. The van der Waals surface area contributed by atoms with E-state index in [1.165, 1.54) is 6.42 Å². The molecule has 0 spiro atoms. The fraction of sp³-hybridized carbons (Fsp3) is 1.00. The van der Waals surface area contributed by atoms with Crippen LogP contribution in [0.15, 0.2) is 0 Å². The first-order chi connectivity index (χ1) is 6.47. The van der Waals surface area contributed by atoms with Gasteiger partial charge in [0, 0.05) is 0 Å². The van der Waals surface area contributed by atoms with Crippen LogP contribution in [-0.2, 0) is 0 Å². The largest absolute Gasteiger partial charge is 0.414 e. The highest BCUT2D eigenvalue weighted by molar-refractivity contribution is 4.91. The van der Waals surface area contributed by atoms with E-state index in [1.807, 2.05) is 0 Å². The van der Waals surface area contributed by atoms with Crippen molar-refractivity contribution in [3.63, 3.8) is 0 Å². The average molecular weight is 208 g/mol. The minimum atomic E-state index is -4.43. The van der Waals surface area contributed by atoms with Crippen molar-refractivity contribution >= 4 is 0 Å². The van der Waals surface area contributed by atoms with Gasteiger partial charge in [-0.25, -0.2) is 0 Å². The van der Waals surface area contributed by atoms with Gasteiger partial charge in [-0.3, -0.25) is 0 Å². The van der Waals surface area contributed by atoms with E-state index >= 15 is 0 Å². The van der Waals surface area contributed by atoms with E-state index < -0.39 is 12.3 Å². The number of halogens is 3. The summed E-state index contributed by atoms with van der Waals surface area (Å²) < 4.78 is 36.3. The van der Waals surface area contributed by atoms with Gasteiger partial charge >= 0.3 is 6.18 Å². The summed E-state index contributed by atoms with van der Waals surface area (Å²) in [5.74, 6) is 1.22. The maximum Gasteiger partial charge on any atom is 0.414 e. The molecule has 0 saturated heterocycles. The molecule has 0 aliphatic heterocycles. The van der Waals surface area contributed by atoms with Gasteiger partial charge in [0.15, 0.2) is 0 Å². The van der Waals surface area contributed by atoms with E-state index in [4.69, 9.17) is 5.11 Å². The molecule has 0 radical (unpaired) electrons. The van der Waals surface area contributed by atoms with Gasteiger partial charge in [0.2, 0.25) is 0 Å². The number of rotatable bonds is 2. The molecule has 0 aromatic rings. The summed E-state index contributed by atoms with van der Waals surface area (Å²) in [5.41, 5.74) is 0. The Morgan fingerprint density at radius 3 is 2.36 bits per heavy atom. The third kappa shape index (κ3) is 1.90. The quantitative estimate of drug-likeness (QED) is 0.739. The van der Waals surface area contributed by atoms with E-state index in [0.29, 0.717) is 11.8 Å². The summed E-state index contributed by atoms with van der Waals surface area (Å²) >= 11 is 0. The number of fused-ring (bicyclic) bond motifs is 2. The Morgan fingerprint density at radius 2 is 1.93 bits per heavy atom. The number of aliphatic hydroxyl groups is 1. The molecule has 4 heteroatoms. The Balaban J connectivity index is 1.87. The molecular weight excluding hydrogens is 193 g/mol. The van der Waals surface area contributed by atoms with Crippen molar-refractivity contribution in [2.75, 3.05) is 0 Å². The minimum Gasteiger partial charge on any atom is -0.384 e. The highest BCUT2D eigenvalue weighted by Crippen LogP contribution is 2.50. The molecule has 82 valence electrons. The molecule has 0 amide bonds. The Hall–Kier alpha value is -0.250.